The maximum Gasteiger partial charge on any atom is 0.337 e. The fourth-order valence-electron chi connectivity index (χ4n) is 6.96. The van der Waals surface area contributed by atoms with Gasteiger partial charge in [0.2, 0.25) is 30.1 Å². The van der Waals surface area contributed by atoms with Gasteiger partial charge >= 0.3 is 5.97 Å². The van der Waals surface area contributed by atoms with Gasteiger partial charge in [0.05, 0.1) is 30.0 Å². The molecule has 0 saturated heterocycles. The predicted octanol–water partition coefficient (Wildman–Crippen LogP) is 11.6. The Kier molecular flexibility index (Phi) is 16.9. The molecule has 0 aliphatic rings. The maximum absolute atomic E-state index is 11.5. The number of carboxylic acid groups (broad SMARTS) is 1. The third-order valence-electron chi connectivity index (χ3n) is 10.4. The molecule has 0 fully saturated rings. The molecule has 0 aromatic heterocycles. The number of para-hydroxylation sites is 2. The van der Waals surface area contributed by atoms with Crippen LogP contribution in [-0.4, -0.2) is 55.1 Å². The van der Waals surface area contributed by atoms with Crippen LogP contribution in [0.5, 0.6) is 0 Å². The number of carboxylic acids is 1. The van der Waals surface area contributed by atoms with Crippen LogP contribution in [0.2, 0.25) is 0 Å². The molecule has 8 aromatic carbocycles. The third kappa shape index (κ3) is 16.5. The van der Waals surface area contributed by atoms with E-state index >= 15 is 0 Å². The van der Waals surface area contributed by atoms with Crippen LogP contribution in [0.25, 0.3) is 33.4 Å². The molecule has 0 aliphatic carbocycles. The highest BCUT2D eigenvalue weighted by Gasteiger charge is 2.13. The number of aryl methyl sites for hydroxylation is 2. The molecule has 8 rings (SSSR count). The number of hydrogen-bond donors (Lipinski definition) is 7. The molecule has 0 unspecified atom stereocenters. The summed E-state index contributed by atoms with van der Waals surface area (Å²) in [4.78, 5) is 11.5. The average molecular weight is 1010 g/mol. The van der Waals surface area contributed by atoms with Crippen LogP contribution in [0.1, 0.15) is 21.5 Å². The zero-order valence-electron chi connectivity index (χ0n) is 39.5. The molecule has 71 heavy (non-hydrogen) atoms. The first-order chi connectivity index (χ1) is 33.6. The van der Waals surface area contributed by atoms with Gasteiger partial charge in [-0.1, -0.05) is 103 Å². The normalized spacial score (nSPS) is 11.1. The Morgan fingerprint density at radius 3 is 1.08 bits per heavy atom. The van der Waals surface area contributed by atoms with Crippen molar-refractivity contribution in [2.45, 2.75) is 13.8 Å². The van der Waals surface area contributed by atoms with Crippen molar-refractivity contribution < 1.29 is 35.2 Å². The van der Waals surface area contributed by atoms with Gasteiger partial charge in [0.1, 0.15) is 0 Å². The molecule has 0 radical (unpaired) electrons. The summed E-state index contributed by atoms with van der Waals surface area (Å²) in [7, 11) is -9.83. The molecule has 0 heterocycles. The Bertz CT molecular complexity index is 3450. The summed E-state index contributed by atoms with van der Waals surface area (Å²) in [5, 5.41) is 16.0. The Hall–Kier alpha value is -8.12. The molecule has 17 heteroatoms. The first-order valence-corrected chi connectivity index (χ1v) is 27.5. The maximum atomic E-state index is 11.5. The lowest BCUT2D eigenvalue weighted by molar-refractivity contribution is 0.0698. The van der Waals surface area contributed by atoms with Crippen LogP contribution in [0.15, 0.2) is 188 Å². The van der Waals surface area contributed by atoms with Crippen molar-refractivity contribution in [3.05, 3.63) is 205 Å². The Morgan fingerprint density at radius 1 is 0.394 bits per heavy atom. The molecule has 0 saturated carbocycles. The highest BCUT2D eigenvalue weighted by molar-refractivity contribution is 7.92. The summed E-state index contributed by atoms with van der Waals surface area (Å²) in [5.74, 6) is -1.02. The number of aromatic carboxylic acids is 1. The van der Waals surface area contributed by atoms with Crippen molar-refractivity contribution in [1.29, 1.82) is 0 Å². The second kappa shape index (κ2) is 23.0. The summed E-state index contributed by atoms with van der Waals surface area (Å²) in [6.45, 7) is 4.02. The number of sulfonamides is 3. The molecule has 8 N–H and O–H groups in total. The van der Waals surface area contributed by atoms with Crippen LogP contribution >= 0.6 is 0 Å². The number of carbonyl (C=O) groups is 1. The lowest BCUT2D eigenvalue weighted by Gasteiger charge is -2.12. The predicted molar refractivity (Wildman–Crippen MR) is 291 cm³/mol. The van der Waals surface area contributed by atoms with Gasteiger partial charge < -0.3 is 21.5 Å². The van der Waals surface area contributed by atoms with Crippen LogP contribution in [-0.2, 0) is 30.1 Å². The minimum Gasteiger partial charge on any atom is -0.478 e. The van der Waals surface area contributed by atoms with Crippen LogP contribution in [0.3, 0.4) is 0 Å². The number of benzene rings is 8. The van der Waals surface area contributed by atoms with Gasteiger partial charge in [-0.15, -0.1) is 0 Å². The van der Waals surface area contributed by atoms with E-state index in [1.54, 1.807) is 66.7 Å². The third-order valence-corrected chi connectivity index (χ3v) is 12.3. The molecular weight excluding hydrogens is 957 g/mol. The highest BCUT2D eigenvalue weighted by atomic mass is 32.2. The zero-order valence-corrected chi connectivity index (χ0v) is 42.0. The average Bonchev–Trinajstić information content (AvgIpc) is 3.31. The first-order valence-electron chi connectivity index (χ1n) is 21.8. The van der Waals surface area contributed by atoms with E-state index in [9.17, 15) is 35.2 Å². The molecule has 0 aliphatic heterocycles. The van der Waals surface area contributed by atoms with Gasteiger partial charge in [0.15, 0.2) is 0 Å². The van der Waals surface area contributed by atoms with Gasteiger partial charge in [-0.2, -0.15) is 0 Å². The van der Waals surface area contributed by atoms with Gasteiger partial charge in [0, 0.05) is 39.8 Å². The smallest absolute Gasteiger partial charge is 0.337 e. The Morgan fingerprint density at radius 2 is 0.718 bits per heavy atom. The number of nitrogens with two attached hydrogens (primary N) is 1. The number of nitrogen functional groups attached to an aromatic ring is 1. The second-order valence-corrected chi connectivity index (χ2v) is 21.7. The van der Waals surface area contributed by atoms with Crippen molar-refractivity contribution in [3.63, 3.8) is 0 Å². The lowest BCUT2D eigenvalue weighted by Crippen LogP contribution is -2.09. The largest absolute Gasteiger partial charge is 0.478 e. The van der Waals surface area contributed by atoms with E-state index < -0.39 is 36.0 Å². The van der Waals surface area contributed by atoms with E-state index in [0.29, 0.717) is 22.7 Å². The molecule has 0 spiro atoms. The van der Waals surface area contributed by atoms with Gasteiger partial charge in [-0.05, 0) is 143 Å². The zero-order chi connectivity index (χ0) is 51.3. The number of nitrogens with one attached hydrogen (secondary N) is 5. The van der Waals surface area contributed by atoms with Crippen molar-refractivity contribution in [2.75, 3.05) is 49.3 Å². The van der Waals surface area contributed by atoms with Crippen molar-refractivity contribution in [2.24, 2.45) is 0 Å². The van der Waals surface area contributed by atoms with E-state index in [1.807, 2.05) is 110 Å². The van der Waals surface area contributed by atoms with Crippen molar-refractivity contribution >= 4 is 81.5 Å². The van der Waals surface area contributed by atoms with Crippen LogP contribution < -0.4 is 30.5 Å². The molecule has 0 amide bonds. The van der Waals surface area contributed by atoms with Crippen molar-refractivity contribution in [3.8, 4) is 33.4 Å². The van der Waals surface area contributed by atoms with Gasteiger partial charge in [-0.3, -0.25) is 14.2 Å². The molecule has 0 bridgehead atoms. The van der Waals surface area contributed by atoms with E-state index in [1.165, 1.54) is 0 Å². The van der Waals surface area contributed by atoms with E-state index in [-0.39, 0.29) is 5.56 Å². The summed E-state index contributed by atoms with van der Waals surface area (Å²) in [6, 6.07) is 57.8. The number of anilines is 8. The van der Waals surface area contributed by atoms with Gasteiger partial charge in [-0.25, -0.2) is 30.0 Å². The minimum absolute atomic E-state index is 0.165. The number of hydrogen-bond acceptors (Lipinski definition) is 10. The second-order valence-electron chi connectivity index (χ2n) is 16.5. The Labute approximate surface area is 415 Å². The topological polar surface area (TPSA) is 226 Å². The molecule has 14 nitrogen and oxygen atoms in total. The quantitative estimate of drug-likeness (QED) is 0.0507. The molecule has 366 valence electrons. The summed E-state index contributed by atoms with van der Waals surface area (Å²) in [6.07, 6.45) is 3.36. The standard InChI is InChI=1S/C20H18N2O4S.C20H20N2O2S.C14H16N2O2S/c1-27(25,26)22-17-10-7-14(8-11-17)15-9-12-18(20(23)24)19(13-15)21-16-5-3-2-4-6-16;1-15-8-9-17(14-20(15)21-18-6-4-3-5-7-18)16-10-12-19(13-11-16)22-25(2,23)24;1-10-3-4-12(9-14(10)15)11-5-7-13(8-6-11)16-19(2,17)18/h2-13,21-22H,1H3,(H,23,24);3-14,21-22H,1-2H3;3-9,16H,15H2,1-2H3. The summed E-state index contributed by atoms with van der Waals surface area (Å²) in [5.41, 5.74) is 19.6. The first kappa shape index (κ1) is 52.3. The SMILES string of the molecule is CS(=O)(=O)Nc1ccc(-c2ccc(C(=O)O)c(Nc3ccccc3)c2)cc1.Cc1ccc(-c2ccc(NS(C)(=O)=O)cc2)cc1N.Cc1ccc(-c2ccc(NS(C)(=O)=O)cc2)cc1Nc1ccccc1. The molecule has 0 atom stereocenters. The lowest BCUT2D eigenvalue weighted by atomic mass is 10.0. The Balaban J connectivity index is 0.000000177. The van der Waals surface area contributed by atoms with Gasteiger partial charge in [0.25, 0.3) is 0 Å². The number of rotatable bonds is 14. The fourth-order valence-corrected chi connectivity index (χ4v) is 8.65. The van der Waals surface area contributed by atoms with E-state index in [4.69, 9.17) is 5.73 Å². The van der Waals surface area contributed by atoms with Crippen molar-refractivity contribution in [1.82, 2.24) is 0 Å². The summed E-state index contributed by atoms with van der Waals surface area (Å²) >= 11 is 0. The molecule has 8 aromatic rings. The fraction of sp³-hybridized carbons (Fsp3) is 0.0926. The molecular formula is C54H54N6O8S3. The van der Waals surface area contributed by atoms with Crippen LogP contribution in [0.4, 0.5) is 45.5 Å². The monoisotopic (exact) mass is 1010 g/mol. The highest BCUT2D eigenvalue weighted by Crippen LogP contribution is 2.31. The summed E-state index contributed by atoms with van der Waals surface area (Å²) < 4.78 is 74.7. The van der Waals surface area contributed by atoms with E-state index in [0.717, 1.165) is 86.0 Å². The van der Waals surface area contributed by atoms with E-state index in [2.05, 4.69) is 49.9 Å². The van der Waals surface area contributed by atoms with Crippen LogP contribution in [0, 0.1) is 13.8 Å². The minimum atomic E-state index is -3.34.